The molecule has 2 atom stereocenters. The van der Waals surface area contributed by atoms with Crippen molar-refractivity contribution in [1.82, 2.24) is 4.98 Å². The number of nitrogens with zero attached hydrogens (tertiary/aromatic N) is 3. The van der Waals surface area contributed by atoms with E-state index >= 15 is 0 Å². The van der Waals surface area contributed by atoms with E-state index in [2.05, 4.69) is 28.9 Å². The van der Waals surface area contributed by atoms with E-state index in [4.69, 9.17) is 4.74 Å². The highest BCUT2D eigenvalue weighted by molar-refractivity contribution is 5.64. The molecular formula is C25H27F2N3O. The van der Waals surface area contributed by atoms with Crippen LogP contribution in [0.4, 0.5) is 26.0 Å². The molecule has 2 aromatic carbocycles. The molecule has 1 saturated heterocycles. The number of hydrogen-bond acceptors (Lipinski definition) is 4. The molecule has 1 aliphatic rings. The standard InChI is InChI=1S/C25H27F2N3O/c1-17(18-6-12-21(31-3)13-7-18)23-5-4-14-30(23)24-15-25(28-16-22(24)27)29(2)20-10-8-19(26)9-11-20/h6-13,15-17,23H,4-5,14H2,1-3H3/t17-,23+/m1/s1. The van der Waals surface area contributed by atoms with Crippen LogP contribution >= 0.6 is 0 Å². The van der Waals surface area contributed by atoms with Gasteiger partial charge in [-0.15, -0.1) is 0 Å². The molecule has 0 unspecified atom stereocenters. The van der Waals surface area contributed by atoms with E-state index in [0.29, 0.717) is 11.5 Å². The van der Waals surface area contributed by atoms with E-state index < -0.39 is 0 Å². The van der Waals surface area contributed by atoms with Gasteiger partial charge < -0.3 is 14.5 Å². The Morgan fingerprint density at radius 2 is 1.81 bits per heavy atom. The Balaban J connectivity index is 1.61. The average molecular weight is 424 g/mol. The molecule has 2 heterocycles. The fraction of sp³-hybridized carbons (Fsp3) is 0.320. The zero-order valence-corrected chi connectivity index (χ0v) is 18.1. The monoisotopic (exact) mass is 423 g/mol. The summed E-state index contributed by atoms with van der Waals surface area (Å²) in [7, 11) is 3.50. The molecular weight excluding hydrogens is 396 g/mol. The van der Waals surface area contributed by atoms with Crippen molar-refractivity contribution in [2.75, 3.05) is 30.5 Å². The summed E-state index contributed by atoms with van der Waals surface area (Å²) in [6, 6.07) is 16.3. The van der Waals surface area contributed by atoms with E-state index in [1.165, 1.54) is 23.9 Å². The second-order valence-corrected chi connectivity index (χ2v) is 7.99. The average Bonchev–Trinajstić information content (AvgIpc) is 3.28. The van der Waals surface area contributed by atoms with Gasteiger partial charge in [-0.3, -0.25) is 0 Å². The maximum Gasteiger partial charge on any atom is 0.164 e. The van der Waals surface area contributed by atoms with Gasteiger partial charge in [0.2, 0.25) is 0 Å². The molecule has 0 saturated carbocycles. The second-order valence-electron chi connectivity index (χ2n) is 7.99. The molecule has 31 heavy (non-hydrogen) atoms. The molecule has 162 valence electrons. The minimum Gasteiger partial charge on any atom is -0.497 e. The van der Waals surface area contributed by atoms with Crippen molar-refractivity contribution < 1.29 is 13.5 Å². The number of pyridine rings is 1. The summed E-state index contributed by atoms with van der Waals surface area (Å²) < 4.78 is 33.4. The predicted octanol–water partition coefficient (Wildman–Crippen LogP) is 5.91. The minimum absolute atomic E-state index is 0.189. The highest BCUT2D eigenvalue weighted by atomic mass is 19.1. The lowest BCUT2D eigenvalue weighted by Gasteiger charge is -2.32. The van der Waals surface area contributed by atoms with Crippen molar-refractivity contribution in [3.8, 4) is 5.75 Å². The fourth-order valence-corrected chi connectivity index (χ4v) is 4.36. The number of benzene rings is 2. The van der Waals surface area contributed by atoms with Gasteiger partial charge >= 0.3 is 0 Å². The smallest absolute Gasteiger partial charge is 0.164 e. The highest BCUT2D eigenvalue weighted by Gasteiger charge is 2.32. The van der Waals surface area contributed by atoms with Crippen LogP contribution in [0.2, 0.25) is 0 Å². The molecule has 0 bridgehead atoms. The Kier molecular flexibility index (Phi) is 6.07. The van der Waals surface area contributed by atoms with Crippen LogP contribution in [-0.2, 0) is 0 Å². The maximum absolute atomic E-state index is 14.9. The molecule has 4 rings (SSSR count). The Morgan fingerprint density at radius 3 is 2.48 bits per heavy atom. The number of rotatable bonds is 6. The Bertz CT molecular complexity index is 1020. The molecule has 0 N–H and O–H groups in total. The first-order chi connectivity index (χ1) is 15.0. The van der Waals surface area contributed by atoms with Gasteiger partial charge in [-0.1, -0.05) is 19.1 Å². The van der Waals surface area contributed by atoms with Gasteiger partial charge in [-0.2, -0.15) is 0 Å². The summed E-state index contributed by atoms with van der Waals surface area (Å²) in [5, 5.41) is 0. The highest BCUT2D eigenvalue weighted by Crippen LogP contribution is 2.37. The molecule has 1 aliphatic heterocycles. The van der Waals surface area contributed by atoms with Gasteiger partial charge in [0.1, 0.15) is 17.4 Å². The molecule has 1 aromatic heterocycles. The normalized spacial score (nSPS) is 16.9. The zero-order chi connectivity index (χ0) is 22.0. The summed E-state index contributed by atoms with van der Waals surface area (Å²) in [6.45, 7) is 2.99. The summed E-state index contributed by atoms with van der Waals surface area (Å²) in [6.07, 6.45) is 3.28. The third-order valence-electron chi connectivity index (χ3n) is 6.21. The number of anilines is 3. The van der Waals surface area contributed by atoms with Crippen molar-refractivity contribution in [2.24, 2.45) is 0 Å². The first-order valence-electron chi connectivity index (χ1n) is 10.5. The zero-order valence-electron chi connectivity index (χ0n) is 18.1. The summed E-state index contributed by atoms with van der Waals surface area (Å²) in [5.41, 5.74) is 2.55. The lowest BCUT2D eigenvalue weighted by molar-refractivity contribution is 0.414. The van der Waals surface area contributed by atoms with E-state index in [1.54, 1.807) is 25.3 Å². The molecule has 1 fully saturated rings. The molecule has 0 aliphatic carbocycles. The van der Waals surface area contributed by atoms with Crippen molar-refractivity contribution in [3.05, 3.63) is 78.0 Å². The summed E-state index contributed by atoms with van der Waals surface area (Å²) in [4.78, 5) is 8.27. The van der Waals surface area contributed by atoms with Crippen molar-refractivity contribution in [2.45, 2.75) is 31.7 Å². The van der Waals surface area contributed by atoms with Gasteiger partial charge in [0.15, 0.2) is 5.82 Å². The Hall–Kier alpha value is -3.15. The number of methoxy groups -OCH3 is 1. The molecule has 3 aromatic rings. The van der Waals surface area contributed by atoms with Crippen molar-refractivity contribution in [1.29, 1.82) is 0 Å². The van der Waals surface area contributed by atoms with E-state index in [-0.39, 0.29) is 23.6 Å². The summed E-state index contributed by atoms with van der Waals surface area (Å²) in [5.74, 6) is 1.06. The first-order valence-corrected chi connectivity index (χ1v) is 10.5. The minimum atomic E-state index is -0.329. The van der Waals surface area contributed by atoms with E-state index in [0.717, 1.165) is 30.8 Å². The topological polar surface area (TPSA) is 28.6 Å². The Labute approximate surface area is 182 Å². The Morgan fingerprint density at radius 1 is 1.10 bits per heavy atom. The number of ether oxygens (including phenoxy) is 1. The van der Waals surface area contributed by atoms with Crippen molar-refractivity contribution in [3.63, 3.8) is 0 Å². The van der Waals surface area contributed by atoms with Crippen LogP contribution in [0.1, 0.15) is 31.2 Å². The lowest BCUT2D eigenvalue weighted by Crippen LogP contribution is -2.34. The van der Waals surface area contributed by atoms with Crippen LogP contribution in [0.15, 0.2) is 60.8 Å². The first kappa shape index (κ1) is 21.1. The molecule has 0 amide bonds. The van der Waals surface area contributed by atoms with Crippen LogP contribution < -0.4 is 14.5 Å². The van der Waals surface area contributed by atoms with Gasteiger partial charge in [0.25, 0.3) is 0 Å². The third-order valence-corrected chi connectivity index (χ3v) is 6.21. The third kappa shape index (κ3) is 4.33. The quantitative estimate of drug-likeness (QED) is 0.493. The molecule has 0 spiro atoms. The molecule has 6 heteroatoms. The second kappa shape index (κ2) is 8.92. The largest absolute Gasteiger partial charge is 0.497 e. The van der Waals surface area contributed by atoms with E-state index in [9.17, 15) is 8.78 Å². The van der Waals surface area contributed by atoms with Crippen LogP contribution in [-0.4, -0.2) is 31.7 Å². The molecule has 0 radical (unpaired) electrons. The maximum atomic E-state index is 14.9. The van der Waals surface area contributed by atoms with Crippen molar-refractivity contribution >= 4 is 17.2 Å². The molecule has 4 nitrogen and oxygen atoms in total. The van der Waals surface area contributed by atoms with Crippen LogP contribution in [0.5, 0.6) is 5.75 Å². The van der Waals surface area contributed by atoms with Gasteiger partial charge in [0, 0.05) is 37.3 Å². The number of hydrogen-bond donors (Lipinski definition) is 0. The number of aromatic nitrogens is 1. The van der Waals surface area contributed by atoms with E-state index in [1.807, 2.05) is 24.1 Å². The predicted molar refractivity (Wildman–Crippen MR) is 120 cm³/mol. The number of halogens is 2. The van der Waals surface area contributed by atoms with Gasteiger partial charge in [-0.25, -0.2) is 13.8 Å². The van der Waals surface area contributed by atoms with Crippen LogP contribution in [0, 0.1) is 11.6 Å². The van der Waals surface area contributed by atoms with Crippen LogP contribution in [0.25, 0.3) is 0 Å². The van der Waals surface area contributed by atoms with Gasteiger partial charge in [-0.05, 0) is 54.8 Å². The lowest BCUT2D eigenvalue weighted by atomic mass is 9.91. The fourth-order valence-electron chi connectivity index (χ4n) is 4.36. The summed E-state index contributed by atoms with van der Waals surface area (Å²) >= 11 is 0. The van der Waals surface area contributed by atoms with Gasteiger partial charge in [0.05, 0.1) is 19.0 Å². The SMILES string of the molecule is COc1ccc([C@@H](C)[C@@H]2CCCN2c2cc(N(C)c3ccc(F)cc3)ncc2F)cc1. The van der Waals surface area contributed by atoms with Crippen LogP contribution in [0.3, 0.4) is 0 Å².